The number of carbonyl (C=O) groups excluding carboxylic acids is 1. The third kappa shape index (κ3) is 2.98. The minimum absolute atomic E-state index is 0.00236. The van der Waals surface area contributed by atoms with Crippen LogP contribution in [0.25, 0.3) is 0 Å². The van der Waals surface area contributed by atoms with E-state index in [2.05, 4.69) is 11.9 Å². The second-order valence-electron chi connectivity index (χ2n) is 2.82. The molecule has 1 aromatic rings. The average molecular weight is 210 g/mol. The van der Waals surface area contributed by atoms with Crippen LogP contribution < -0.4 is 5.32 Å². The summed E-state index contributed by atoms with van der Waals surface area (Å²) in [6.45, 7) is 4.46. The molecule has 0 bridgehead atoms. The van der Waals surface area contributed by atoms with Gasteiger partial charge in [0.1, 0.15) is 0 Å². The molecule has 0 saturated carbocycles. The standard InChI is InChI=1S/C11H12ClNO/c1-2-7-13-8-11(14)9-5-3-4-6-10(9)12/h2-6,13H,1,7-8H2. The number of hydrogen-bond acceptors (Lipinski definition) is 2. The SMILES string of the molecule is C=CCNCC(=O)c1ccccc1Cl. The van der Waals surface area contributed by atoms with Gasteiger partial charge in [-0.15, -0.1) is 6.58 Å². The molecule has 1 aromatic carbocycles. The third-order valence-corrected chi connectivity index (χ3v) is 2.08. The van der Waals surface area contributed by atoms with Crippen molar-refractivity contribution >= 4 is 17.4 Å². The van der Waals surface area contributed by atoms with E-state index in [9.17, 15) is 4.79 Å². The molecule has 0 aromatic heterocycles. The maximum Gasteiger partial charge on any atom is 0.178 e. The second-order valence-corrected chi connectivity index (χ2v) is 3.23. The monoisotopic (exact) mass is 209 g/mol. The molecule has 0 aliphatic rings. The van der Waals surface area contributed by atoms with Crippen LogP contribution in [0.1, 0.15) is 10.4 Å². The number of halogens is 1. The molecule has 0 fully saturated rings. The summed E-state index contributed by atoms with van der Waals surface area (Å²) in [6.07, 6.45) is 1.71. The number of ketones is 1. The second kappa shape index (κ2) is 5.58. The quantitative estimate of drug-likeness (QED) is 0.458. The highest BCUT2D eigenvalue weighted by Gasteiger charge is 2.07. The number of hydrogen-bond donors (Lipinski definition) is 1. The lowest BCUT2D eigenvalue weighted by molar-refractivity contribution is 0.0992. The molecule has 0 radical (unpaired) electrons. The summed E-state index contributed by atoms with van der Waals surface area (Å²) in [5, 5.41) is 3.43. The van der Waals surface area contributed by atoms with Crippen molar-refractivity contribution in [3.05, 3.63) is 47.5 Å². The van der Waals surface area contributed by atoms with Crippen molar-refractivity contribution in [1.82, 2.24) is 5.32 Å². The Balaban J connectivity index is 2.60. The largest absolute Gasteiger partial charge is 0.306 e. The van der Waals surface area contributed by atoms with E-state index in [1.54, 1.807) is 30.3 Å². The first-order valence-electron chi connectivity index (χ1n) is 4.35. The lowest BCUT2D eigenvalue weighted by atomic mass is 10.1. The molecule has 0 amide bonds. The molecule has 1 N–H and O–H groups in total. The fraction of sp³-hybridized carbons (Fsp3) is 0.182. The van der Waals surface area contributed by atoms with Crippen LogP contribution in [-0.4, -0.2) is 18.9 Å². The van der Waals surface area contributed by atoms with Crippen molar-refractivity contribution < 1.29 is 4.79 Å². The van der Waals surface area contributed by atoms with Crippen molar-refractivity contribution in [3.63, 3.8) is 0 Å². The van der Waals surface area contributed by atoms with Gasteiger partial charge >= 0.3 is 0 Å². The maximum absolute atomic E-state index is 11.6. The predicted octanol–water partition coefficient (Wildman–Crippen LogP) is 2.30. The number of benzene rings is 1. The predicted molar refractivity (Wildman–Crippen MR) is 58.8 cm³/mol. The van der Waals surface area contributed by atoms with E-state index in [1.165, 1.54) is 0 Å². The van der Waals surface area contributed by atoms with Crippen LogP contribution >= 0.6 is 11.6 Å². The van der Waals surface area contributed by atoms with Crippen molar-refractivity contribution in [2.75, 3.05) is 13.1 Å². The number of nitrogens with one attached hydrogen (secondary N) is 1. The van der Waals surface area contributed by atoms with Crippen molar-refractivity contribution in [1.29, 1.82) is 0 Å². The van der Waals surface area contributed by atoms with Gasteiger partial charge in [0.25, 0.3) is 0 Å². The summed E-state index contributed by atoms with van der Waals surface area (Å²) in [4.78, 5) is 11.6. The van der Waals surface area contributed by atoms with Gasteiger partial charge in [-0.3, -0.25) is 4.79 Å². The molecular formula is C11H12ClNO. The first-order chi connectivity index (χ1) is 6.75. The fourth-order valence-electron chi connectivity index (χ4n) is 1.07. The van der Waals surface area contributed by atoms with E-state index in [4.69, 9.17) is 11.6 Å². The van der Waals surface area contributed by atoms with Crippen LogP contribution in [0, 0.1) is 0 Å². The maximum atomic E-state index is 11.6. The summed E-state index contributed by atoms with van der Waals surface area (Å²) in [7, 11) is 0. The minimum Gasteiger partial charge on any atom is -0.306 e. The minimum atomic E-state index is -0.00236. The Morgan fingerprint density at radius 1 is 1.50 bits per heavy atom. The van der Waals surface area contributed by atoms with Crippen molar-refractivity contribution in [3.8, 4) is 0 Å². The van der Waals surface area contributed by atoms with Gasteiger partial charge < -0.3 is 5.32 Å². The van der Waals surface area contributed by atoms with E-state index in [0.29, 0.717) is 17.1 Å². The summed E-state index contributed by atoms with van der Waals surface area (Å²) in [5.41, 5.74) is 0.561. The van der Waals surface area contributed by atoms with Gasteiger partial charge in [-0.05, 0) is 12.1 Å². The summed E-state index contributed by atoms with van der Waals surface area (Å²) in [5.74, 6) is -0.00236. The zero-order valence-corrected chi connectivity index (χ0v) is 8.55. The van der Waals surface area contributed by atoms with Crippen LogP contribution in [0.5, 0.6) is 0 Å². The highest BCUT2D eigenvalue weighted by atomic mass is 35.5. The highest BCUT2D eigenvalue weighted by Crippen LogP contribution is 2.14. The van der Waals surface area contributed by atoms with Gasteiger partial charge in [-0.2, -0.15) is 0 Å². The van der Waals surface area contributed by atoms with Gasteiger partial charge in [-0.1, -0.05) is 29.8 Å². The molecule has 0 aliphatic carbocycles. The van der Waals surface area contributed by atoms with E-state index >= 15 is 0 Å². The lowest BCUT2D eigenvalue weighted by Gasteiger charge is -2.03. The molecule has 0 atom stereocenters. The summed E-state index contributed by atoms with van der Waals surface area (Å²) >= 11 is 5.86. The lowest BCUT2D eigenvalue weighted by Crippen LogP contribution is -2.23. The molecule has 0 spiro atoms. The van der Waals surface area contributed by atoms with E-state index in [0.717, 1.165) is 0 Å². The number of Topliss-reactive ketones (excluding diaryl/α,β-unsaturated/α-hetero) is 1. The number of carbonyl (C=O) groups is 1. The van der Waals surface area contributed by atoms with Crippen molar-refractivity contribution in [2.24, 2.45) is 0 Å². The Hall–Kier alpha value is -1.12. The van der Waals surface area contributed by atoms with E-state index < -0.39 is 0 Å². The Bertz CT molecular complexity index is 336. The Labute approximate surface area is 88.6 Å². The van der Waals surface area contributed by atoms with Crippen LogP contribution in [-0.2, 0) is 0 Å². The van der Waals surface area contributed by atoms with Gasteiger partial charge in [-0.25, -0.2) is 0 Å². The van der Waals surface area contributed by atoms with Gasteiger partial charge in [0.15, 0.2) is 5.78 Å². The normalized spacial score (nSPS) is 9.79. The Kier molecular flexibility index (Phi) is 4.36. The first kappa shape index (κ1) is 11.0. The third-order valence-electron chi connectivity index (χ3n) is 1.75. The van der Waals surface area contributed by atoms with Crippen LogP contribution in [0.4, 0.5) is 0 Å². The molecule has 0 aliphatic heterocycles. The molecular weight excluding hydrogens is 198 g/mol. The van der Waals surface area contributed by atoms with Crippen LogP contribution in [0.2, 0.25) is 5.02 Å². The smallest absolute Gasteiger partial charge is 0.178 e. The summed E-state index contributed by atoms with van der Waals surface area (Å²) < 4.78 is 0. The van der Waals surface area contributed by atoms with Gasteiger partial charge in [0, 0.05) is 12.1 Å². The molecule has 3 heteroatoms. The summed E-state index contributed by atoms with van der Waals surface area (Å²) in [6, 6.07) is 7.03. The molecule has 0 heterocycles. The van der Waals surface area contributed by atoms with Gasteiger partial charge in [0.2, 0.25) is 0 Å². The van der Waals surface area contributed by atoms with E-state index in [1.807, 2.05) is 0 Å². The fourth-order valence-corrected chi connectivity index (χ4v) is 1.31. The Morgan fingerprint density at radius 2 is 2.21 bits per heavy atom. The number of rotatable bonds is 5. The molecule has 2 nitrogen and oxygen atoms in total. The Morgan fingerprint density at radius 3 is 2.86 bits per heavy atom. The molecule has 14 heavy (non-hydrogen) atoms. The van der Waals surface area contributed by atoms with Crippen LogP contribution in [0.15, 0.2) is 36.9 Å². The highest BCUT2D eigenvalue weighted by molar-refractivity contribution is 6.34. The molecule has 0 unspecified atom stereocenters. The van der Waals surface area contributed by atoms with Crippen molar-refractivity contribution in [2.45, 2.75) is 0 Å². The average Bonchev–Trinajstić information content (AvgIpc) is 2.18. The van der Waals surface area contributed by atoms with Gasteiger partial charge in [0.05, 0.1) is 11.6 Å². The molecule has 1 rings (SSSR count). The molecule has 74 valence electrons. The zero-order valence-electron chi connectivity index (χ0n) is 7.79. The first-order valence-corrected chi connectivity index (χ1v) is 4.73. The van der Waals surface area contributed by atoms with E-state index in [-0.39, 0.29) is 12.3 Å². The van der Waals surface area contributed by atoms with Crippen LogP contribution in [0.3, 0.4) is 0 Å². The zero-order chi connectivity index (χ0) is 10.4. The molecule has 0 saturated heterocycles. The topological polar surface area (TPSA) is 29.1 Å².